The molecule has 0 aliphatic heterocycles. The van der Waals surface area contributed by atoms with E-state index in [-0.39, 0.29) is 0 Å². The van der Waals surface area contributed by atoms with Gasteiger partial charge in [-0.3, -0.25) is 0 Å². The minimum Gasteiger partial charge on any atom is -0.248 e. The summed E-state index contributed by atoms with van der Waals surface area (Å²) < 4.78 is 0. The van der Waals surface area contributed by atoms with Gasteiger partial charge in [0.05, 0.1) is 11.4 Å². The molecule has 2 rings (SSSR count). The van der Waals surface area contributed by atoms with Crippen molar-refractivity contribution in [3.05, 3.63) is 45.3 Å². The first-order valence-electron chi connectivity index (χ1n) is 5.26. The zero-order valence-corrected chi connectivity index (χ0v) is 11.4. The SMILES string of the molecule is Cc1ccc(-c2nc(C)c(C)nc2Cl)cc1Cl. The van der Waals surface area contributed by atoms with Crippen LogP contribution in [0.4, 0.5) is 0 Å². The van der Waals surface area contributed by atoms with Gasteiger partial charge >= 0.3 is 0 Å². The highest BCUT2D eigenvalue weighted by atomic mass is 35.5. The number of benzene rings is 1. The topological polar surface area (TPSA) is 25.8 Å². The Morgan fingerprint density at radius 1 is 0.941 bits per heavy atom. The van der Waals surface area contributed by atoms with E-state index in [0.717, 1.165) is 22.5 Å². The third-order valence-corrected chi connectivity index (χ3v) is 3.38. The Morgan fingerprint density at radius 3 is 2.24 bits per heavy atom. The summed E-state index contributed by atoms with van der Waals surface area (Å²) in [4.78, 5) is 8.72. The van der Waals surface area contributed by atoms with Crippen LogP contribution < -0.4 is 0 Å². The second-order valence-corrected chi connectivity index (χ2v) is 4.76. The number of halogens is 2. The normalized spacial score (nSPS) is 10.6. The molecule has 2 nitrogen and oxygen atoms in total. The zero-order valence-electron chi connectivity index (χ0n) is 9.88. The molecular weight excluding hydrogens is 255 g/mol. The first-order valence-corrected chi connectivity index (χ1v) is 6.02. The Morgan fingerprint density at radius 2 is 1.59 bits per heavy atom. The maximum atomic E-state index is 6.11. The van der Waals surface area contributed by atoms with Crippen molar-refractivity contribution in [2.75, 3.05) is 0 Å². The highest BCUT2D eigenvalue weighted by Crippen LogP contribution is 2.28. The summed E-state index contributed by atoms with van der Waals surface area (Å²) in [6.07, 6.45) is 0. The van der Waals surface area contributed by atoms with E-state index in [4.69, 9.17) is 23.2 Å². The van der Waals surface area contributed by atoms with Crippen LogP contribution in [0.2, 0.25) is 10.2 Å². The molecule has 0 fully saturated rings. The lowest BCUT2D eigenvalue weighted by Crippen LogP contribution is -1.96. The molecule has 0 atom stereocenters. The minimum absolute atomic E-state index is 0.410. The van der Waals surface area contributed by atoms with E-state index in [1.54, 1.807) is 0 Å². The van der Waals surface area contributed by atoms with Crippen LogP contribution in [0.5, 0.6) is 0 Å². The lowest BCUT2D eigenvalue weighted by atomic mass is 10.1. The first kappa shape index (κ1) is 12.3. The van der Waals surface area contributed by atoms with Crippen molar-refractivity contribution in [1.29, 1.82) is 0 Å². The monoisotopic (exact) mass is 266 g/mol. The van der Waals surface area contributed by atoms with Crippen molar-refractivity contribution in [3.63, 3.8) is 0 Å². The predicted octanol–water partition coefficient (Wildman–Crippen LogP) is 4.38. The Balaban J connectivity index is 2.60. The van der Waals surface area contributed by atoms with Crippen molar-refractivity contribution >= 4 is 23.2 Å². The molecule has 0 aliphatic carbocycles. The Kier molecular flexibility index (Phi) is 3.36. The third kappa shape index (κ3) is 2.43. The molecule has 0 aliphatic rings. The minimum atomic E-state index is 0.410. The van der Waals surface area contributed by atoms with E-state index in [9.17, 15) is 0 Å². The highest BCUT2D eigenvalue weighted by molar-refractivity contribution is 6.33. The van der Waals surface area contributed by atoms with Crippen molar-refractivity contribution in [1.82, 2.24) is 9.97 Å². The molecule has 4 heteroatoms. The van der Waals surface area contributed by atoms with E-state index < -0.39 is 0 Å². The zero-order chi connectivity index (χ0) is 12.6. The van der Waals surface area contributed by atoms with E-state index >= 15 is 0 Å². The number of hydrogen-bond acceptors (Lipinski definition) is 2. The predicted molar refractivity (Wildman–Crippen MR) is 71.7 cm³/mol. The van der Waals surface area contributed by atoms with Crippen LogP contribution in [0.3, 0.4) is 0 Å². The molecule has 0 amide bonds. The van der Waals surface area contributed by atoms with Gasteiger partial charge in [-0.1, -0.05) is 35.3 Å². The molecule has 1 aromatic heterocycles. The molecule has 17 heavy (non-hydrogen) atoms. The standard InChI is InChI=1S/C13H12Cl2N2/c1-7-4-5-10(6-11(7)14)12-13(15)17-9(3)8(2)16-12/h4-6H,1-3H3. The maximum absolute atomic E-state index is 6.11. The third-order valence-electron chi connectivity index (χ3n) is 2.71. The summed E-state index contributed by atoms with van der Waals surface area (Å²) in [5.74, 6) is 0. The first-order chi connectivity index (χ1) is 7.99. The number of aryl methyl sites for hydroxylation is 3. The Hall–Kier alpha value is -1.12. The molecule has 0 bridgehead atoms. The van der Waals surface area contributed by atoms with Crippen LogP contribution in [0.1, 0.15) is 17.0 Å². The molecule has 0 N–H and O–H groups in total. The van der Waals surface area contributed by atoms with Gasteiger partial charge in [-0.15, -0.1) is 0 Å². The molecule has 0 spiro atoms. The molecule has 2 aromatic rings. The fourth-order valence-electron chi connectivity index (χ4n) is 1.50. The van der Waals surface area contributed by atoms with Gasteiger partial charge in [-0.25, -0.2) is 9.97 Å². The number of rotatable bonds is 1. The van der Waals surface area contributed by atoms with Crippen molar-refractivity contribution < 1.29 is 0 Å². The summed E-state index contributed by atoms with van der Waals surface area (Å²) in [5, 5.41) is 1.12. The molecule has 0 radical (unpaired) electrons. The van der Waals surface area contributed by atoms with Crippen molar-refractivity contribution in [2.24, 2.45) is 0 Å². The lowest BCUT2D eigenvalue weighted by molar-refractivity contribution is 1.05. The average molecular weight is 267 g/mol. The average Bonchev–Trinajstić information content (AvgIpc) is 2.27. The number of aromatic nitrogens is 2. The number of nitrogens with zero attached hydrogens (tertiary/aromatic N) is 2. The second kappa shape index (κ2) is 4.63. The van der Waals surface area contributed by atoms with Crippen LogP contribution in [0.25, 0.3) is 11.3 Å². The van der Waals surface area contributed by atoms with E-state index in [2.05, 4.69) is 9.97 Å². The van der Waals surface area contributed by atoms with Crippen LogP contribution in [-0.4, -0.2) is 9.97 Å². The van der Waals surface area contributed by atoms with Crippen molar-refractivity contribution in [3.8, 4) is 11.3 Å². The van der Waals surface area contributed by atoms with Crippen LogP contribution in [0.15, 0.2) is 18.2 Å². The molecular formula is C13H12Cl2N2. The molecule has 88 valence electrons. The summed E-state index contributed by atoms with van der Waals surface area (Å²) in [5.41, 5.74) is 4.32. The number of hydrogen-bond donors (Lipinski definition) is 0. The van der Waals surface area contributed by atoms with E-state index in [0.29, 0.717) is 15.9 Å². The van der Waals surface area contributed by atoms with Crippen LogP contribution in [-0.2, 0) is 0 Å². The van der Waals surface area contributed by atoms with Gasteiger partial charge < -0.3 is 0 Å². The van der Waals surface area contributed by atoms with Gasteiger partial charge in [0.15, 0.2) is 5.15 Å². The fraction of sp³-hybridized carbons (Fsp3) is 0.231. The highest BCUT2D eigenvalue weighted by Gasteiger charge is 2.10. The summed E-state index contributed by atoms with van der Waals surface area (Å²) in [6, 6.07) is 5.76. The molecule has 1 heterocycles. The molecule has 0 saturated carbocycles. The molecule has 1 aromatic carbocycles. The Bertz CT molecular complexity index is 580. The fourth-order valence-corrected chi connectivity index (χ4v) is 1.96. The van der Waals surface area contributed by atoms with Gasteiger partial charge in [0, 0.05) is 10.6 Å². The summed E-state index contributed by atoms with van der Waals surface area (Å²) in [6.45, 7) is 5.76. The van der Waals surface area contributed by atoms with Crippen LogP contribution >= 0.6 is 23.2 Å². The van der Waals surface area contributed by atoms with Gasteiger partial charge in [-0.05, 0) is 32.4 Å². The van der Waals surface area contributed by atoms with Gasteiger partial charge in [0.1, 0.15) is 5.69 Å². The smallest absolute Gasteiger partial charge is 0.155 e. The molecule has 0 unspecified atom stereocenters. The van der Waals surface area contributed by atoms with Gasteiger partial charge in [0.2, 0.25) is 0 Å². The van der Waals surface area contributed by atoms with Crippen molar-refractivity contribution in [2.45, 2.75) is 20.8 Å². The lowest BCUT2D eigenvalue weighted by Gasteiger charge is -2.07. The molecule has 0 saturated heterocycles. The largest absolute Gasteiger partial charge is 0.248 e. The summed E-state index contributed by atoms with van der Waals surface area (Å²) >= 11 is 12.2. The van der Waals surface area contributed by atoms with Gasteiger partial charge in [-0.2, -0.15) is 0 Å². The summed E-state index contributed by atoms with van der Waals surface area (Å²) in [7, 11) is 0. The quantitative estimate of drug-likeness (QED) is 0.766. The van der Waals surface area contributed by atoms with Gasteiger partial charge in [0.25, 0.3) is 0 Å². The van der Waals surface area contributed by atoms with E-state index in [1.165, 1.54) is 0 Å². The van der Waals surface area contributed by atoms with E-state index in [1.807, 2.05) is 39.0 Å². The second-order valence-electron chi connectivity index (χ2n) is 4.00. The van der Waals surface area contributed by atoms with Crippen LogP contribution in [0, 0.1) is 20.8 Å². The maximum Gasteiger partial charge on any atom is 0.155 e. The Labute approximate surface area is 111 Å².